The first-order valence-electron chi connectivity index (χ1n) is 5.41. The molecule has 9 heteroatoms. The highest BCUT2D eigenvalue weighted by Crippen LogP contribution is 2.46. The molecule has 0 amide bonds. The van der Waals surface area contributed by atoms with Crippen molar-refractivity contribution in [3.8, 4) is 5.75 Å². The number of pyridine rings is 1. The maximum Gasteiger partial charge on any atom is 0.402 e. The van der Waals surface area contributed by atoms with Crippen LogP contribution in [0.15, 0.2) is 18.5 Å². The first-order chi connectivity index (χ1) is 9.11. The third kappa shape index (κ3) is 3.75. The van der Waals surface area contributed by atoms with E-state index in [-0.39, 0.29) is 11.3 Å². The molecule has 1 aromatic rings. The molecule has 0 fully saturated rings. The third-order valence-corrected chi connectivity index (χ3v) is 2.68. The van der Waals surface area contributed by atoms with E-state index in [2.05, 4.69) is 4.98 Å². The molecule has 20 heavy (non-hydrogen) atoms. The van der Waals surface area contributed by atoms with Gasteiger partial charge in [-0.1, -0.05) is 0 Å². The fourth-order valence-electron chi connectivity index (χ4n) is 1.81. The van der Waals surface area contributed by atoms with E-state index in [1.165, 1.54) is 13.3 Å². The van der Waals surface area contributed by atoms with E-state index in [9.17, 15) is 26.3 Å². The average Bonchev–Trinajstić information content (AvgIpc) is 2.32. The van der Waals surface area contributed by atoms with Crippen molar-refractivity contribution in [1.29, 1.82) is 0 Å². The Hall–Kier alpha value is -1.51. The van der Waals surface area contributed by atoms with Crippen LogP contribution in [0.1, 0.15) is 11.6 Å². The quantitative estimate of drug-likeness (QED) is 0.868. The summed E-state index contributed by atoms with van der Waals surface area (Å²) in [6.07, 6.45) is -8.75. The lowest BCUT2D eigenvalue weighted by Gasteiger charge is -2.30. The Morgan fingerprint density at radius 1 is 1.10 bits per heavy atom. The number of halogens is 6. The van der Waals surface area contributed by atoms with Crippen LogP contribution in [-0.2, 0) is 0 Å². The monoisotopic (exact) mass is 302 g/mol. The van der Waals surface area contributed by atoms with Crippen molar-refractivity contribution in [3.05, 3.63) is 24.0 Å². The molecular formula is C11H12F6N2O. The van der Waals surface area contributed by atoms with Crippen LogP contribution in [0.4, 0.5) is 26.3 Å². The molecule has 0 aromatic carbocycles. The summed E-state index contributed by atoms with van der Waals surface area (Å²) in [5.41, 5.74) is -0.258. The number of aromatic nitrogens is 1. The maximum absolute atomic E-state index is 12.7. The Labute approximate surface area is 110 Å². The maximum atomic E-state index is 12.7. The Morgan fingerprint density at radius 3 is 2.05 bits per heavy atom. The SMILES string of the molecule is CNC(c1cncc(OC)c1)C(C(F)(F)F)C(F)(F)F. The Kier molecular flexibility index (Phi) is 4.85. The molecule has 0 aliphatic carbocycles. The van der Waals surface area contributed by atoms with Gasteiger partial charge in [0, 0.05) is 6.20 Å². The van der Waals surface area contributed by atoms with Gasteiger partial charge in [0.15, 0.2) is 5.92 Å². The largest absolute Gasteiger partial charge is 0.495 e. The molecule has 1 unspecified atom stereocenters. The molecule has 0 radical (unpaired) electrons. The number of hydrogen-bond acceptors (Lipinski definition) is 3. The highest BCUT2D eigenvalue weighted by molar-refractivity contribution is 5.27. The third-order valence-electron chi connectivity index (χ3n) is 2.68. The first kappa shape index (κ1) is 16.5. The molecule has 114 valence electrons. The number of rotatable bonds is 4. The summed E-state index contributed by atoms with van der Waals surface area (Å²) >= 11 is 0. The number of hydrogen-bond donors (Lipinski definition) is 1. The van der Waals surface area contributed by atoms with Crippen molar-refractivity contribution in [2.75, 3.05) is 14.2 Å². The normalized spacial score (nSPS) is 14.4. The van der Waals surface area contributed by atoms with E-state index >= 15 is 0 Å². The summed E-state index contributed by atoms with van der Waals surface area (Å²) in [6.45, 7) is 0. The standard InChI is InChI=1S/C11H12F6N2O/c1-18-8(6-3-7(20-2)5-19-4-6)9(10(12,13)14)11(15,16)17/h3-5,8-9,18H,1-2H3. The fourth-order valence-corrected chi connectivity index (χ4v) is 1.81. The minimum Gasteiger partial charge on any atom is -0.495 e. The predicted octanol–water partition coefficient (Wildman–Crippen LogP) is 3.09. The summed E-state index contributed by atoms with van der Waals surface area (Å²) in [5, 5.41) is 2.05. The van der Waals surface area contributed by atoms with Gasteiger partial charge in [0.25, 0.3) is 0 Å². The zero-order chi connectivity index (χ0) is 15.6. The molecule has 0 saturated heterocycles. The molecule has 1 atom stereocenters. The summed E-state index contributed by atoms with van der Waals surface area (Å²) in [5.74, 6) is -3.46. The zero-order valence-corrected chi connectivity index (χ0v) is 10.5. The van der Waals surface area contributed by atoms with Crippen molar-refractivity contribution in [3.63, 3.8) is 0 Å². The van der Waals surface area contributed by atoms with Crippen LogP contribution in [0.25, 0.3) is 0 Å². The van der Waals surface area contributed by atoms with Gasteiger partial charge < -0.3 is 10.1 Å². The van der Waals surface area contributed by atoms with Crippen LogP contribution < -0.4 is 10.1 Å². The molecule has 3 nitrogen and oxygen atoms in total. The number of methoxy groups -OCH3 is 1. The van der Waals surface area contributed by atoms with Gasteiger partial charge in [0.2, 0.25) is 0 Å². The topological polar surface area (TPSA) is 34.2 Å². The smallest absolute Gasteiger partial charge is 0.402 e. The summed E-state index contributed by atoms with van der Waals surface area (Å²) in [4.78, 5) is 3.57. The van der Waals surface area contributed by atoms with Crippen LogP contribution >= 0.6 is 0 Å². The van der Waals surface area contributed by atoms with Crippen LogP contribution in [-0.4, -0.2) is 31.5 Å². The second-order valence-electron chi connectivity index (χ2n) is 3.99. The number of nitrogens with zero attached hydrogens (tertiary/aromatic N) is 1. The van der Waals surface area contributed by atoms with Gasteiger partial charge in [-0.05, 0) is 18.7 Å². The highest BCUT2D eigenvalue weighted by atomic mass is 19.4. The number of nitrogens with one attached hydrogen (secondary N) is 1. The lowest BCUT2D eigenvalue weighted by Crippen LogP contribution is -2.45. The molecule has 1 heterocycles. The average molecular weight is 302 g/mol. The predicted molar refractivity (Wildman–Crippen MR) is 58.2 cm³/mol. The Bertz CT molecular complexity index is 431. The van der Waals surface area contributed by atoms with Crippen molar-refractivity contribution >= 4 is 0 Å². The van der Waals surface area contributed by atoms with Crippen LogP contribution in [0.3, 0.4) is 0 Å². The summed E-state index contributed by atoms with van der Waals surface area (Å²) in [7, 11) is 2.26. The van der Waals surface area contributed by atoms with Gasteiger partial charge in [-0.25, -0.2) is 0 Å². The van der Waals surface area contributed by atoms with E-state index in [0.717, 1.165) is 19.3 Å². The molecule has 1 rings (SSSR count). The van der Waals surface area contributed by atoms with Crippen LogP contribution in [0, 0.1) is 5.92 Å². The van der Waals surface area contributed by atoms with Gasteiger partial charge in [-0.15, -0.1) is 0 Å². The molecule has 0 bridgehead atoms. The lowest BCUT2D eigenvalue weighted by molar-refractivity contribution is -0.292. The van der Waals surface area contributed by atoms with Crippen LogP contribution in [0.5, 0.6) is 5.75 Å². The number of ether oxygens (including phenoxy) is 1. The van der Waals surface area contributed by atoms with Gasteiger partial charge in [0.1, 0.15) is 5.75 Å². The van der Waals surface area contributed by atoms with Gasteiger partial charge in [-0.3, -0.25) is 4.98 Å². The summed E-state index contributed by atoms with van der Waals surface area (Å²) < 4.78 is 81.0. The van der Waals surface area contributed by atoms with Crippen molar-refractivity contribution in [1.82, 2.24) is 10.3 Å². The van der Waals surface area contributed by atoms with E-state index < -0.39 is 24.3 Å². The zero-order valence-electron chi connectivity index (χ0n) is 10.5. The van der Waals surface area contributed by atoms with E-state index in [4.69, 9.17) is 4.74 Å². The molecule has 0 aliphatic heterocycles. The van der Waals surface area contributed by atoms with Gasteiger partial charge in [-0.2, -0.15) is 26.3 Å². The van der Waals surface area contributed by atoms with E-state index in [1.54, 1.807) is 0 Å². The highest BCUT2D eigenvalue weighted by Gasteiger charge is 2.60. The summed E-state index contributed by atoms with van der Waals surface area (Å²) in [6, 6.07) is -0.920. The molecular weight excluding hydrogens is 290 g/mol. The van der Waals surface area contributed by atoms with E-state index in [1.807, 2.05) is 5.32 Å². The molecule has 0 aliphatic rings. The van der Waals surface area contributed by atoms with Crippen LogP contribution in [0.2, 0.25) is 0 Å². The molecule has 1 N–H and O–H groups in total. The van der Waals surface area contributed by atoms with Crippen molar-refractivity contribution in [2.45, 2.75) is 18.4 Å². The lowest BCUT2D eigenvalue weighted by atomic mass is 9.92. The second kappa shape index (κ2) is 5.86. The van der Waals surface area contributed by atoms with E-state index in [0.29, 0.717) is 0 Å². The molecule has 0 saturated carbocycles. The van der Waals surface area contributed by atoms with Gasteiger partial charge in [0.05, 0.1) is 19.3 Å². The minimum atomic E-state index is -5.44. The second-order valence-corrected chi connectivity index (χ2v) is 3.99. The Balaban J connectivity index is 3.26. The van der Waals surface area contributed by atoms with Crippen molar-refractivity contribution in [2.24, 2.45) is 5.92 Å². The Morgan fingerprint density at radius 2 is 1.65 bits per heavy atom. The minimum absolute atomic E-state index is 0.0749. The number of alkyl halides is 6. The molecule has 0 spiro atoms. The van der Waals surface area contributed by atoms with Gasteiger partial charge >= 0.3 is 12.4 Å². The first-order valence-corrected chi connectivity index (χ1v) is 5.41. The fraction of sp³-hybridized carbons (Fsp3) is 0.545. The molecule has 1 aromatic heterocycles. The van der Waals surface area contributed by atoms with Crippen molar-refractivity contribution < 1.29 is 31.1 Å².